The third-order valence-corrected chi connectivity index (χ3v) is 2.18. The van der Waals surface area contributed by atoms with E-state index in [9.17, 15) is 0 Å². The van der Waals surface area contributed by atoms with Gasteiger partial charge in [0.15, 0.2) is 0 Å². The molecule has 0 bridgehead atoms. The Morgan fingerprint density at radius 1 is 1.67 bits per heavy atom. The molecule has 2 rings (SSSR count). The molecular formula is C9H11N3. The minimum Gasteiger partial charge on any atom is -0.268 e. The molecule has 1 aromatic rings. The Kier molecular flexibility index (Phi) is 1.83. The maximum absolute atomic E-state index is 8.42. The lowest BCUT2D eigenvalue weighted by atomic mass is 10.3. The number of hydrogen-bond acceptors (Lipinski definition) is 2. The number of hydrogen-bond donors (Lipinski definition) is 0. The van der Waals surface area contributed by atoms with Crippen LogP contribution in [-0.2, 0) is 6.54 Å². The van der Waals surface area contributed by atoms with Crippen LogP contribution < -0.4 is 0 Å². The SMILES string of the molecule is N#CCCn1nccc1C1CC1. The number of nitrogens with zero attached hydrogens (tertiary/aromatic N) is 3. The summed E-state index contributed by atoms with van der Waals surface area (Å²) in [5.74, 6) is 0.728. The fourth-order valence-electron chi connectivity index (χ4n) is 1.41. The van der Waals surface area contributed by atoms with Crippen molar-refractivity contribution in [3.63, 3.8) is 0 Å². The van der Waals surface area contributed by atoms with Gasteiger partial charge in [0.1, 0.15) is 0 Å². The highest BCUT2D eigenvalue weighted by Crippen LogP contribution is 2.39. The largest absolute Gasteiger partial charge is 0.268 e. The van der Waals surface area contributed by atoms with Crippen LogP contribution in [0, 0.1) is 11.3 Å². The van der Waals surface area contributed by atoms with Gasteiger partial charge in [0.25, 0.3) is 0 Å². The lowest BCUT2D eigenvalue weighted by Gasteiger charge is -2.02. The van der Waals surface area contributed by atoms with Crippen molar-refractivity contribution < 1.29 is 0 Å². The van der Waals surface area contributed by atoms with E-state index in [-0.39, 0.29) is 0 Å². The van der Waals surface area contributed by atoms with E-state index in [0.29, 0.717) is 6.42 Å². The quantitative estimate of drug-likeness (QED) is 0.676. The van der Waals surface area contributed by atoms with Crippen LogP contribution in [0.15, 0.2) is 12.3 Å². The standard InChI is InChI=1S/C9H11N3/c10-5-1-7-12-9(4-6-11-12)8-2-3-8/h4,6,8H,1-3,7H2. The molecule has 1 aromatic heterocycles. The van der Waals surface area contributed by atoms with Gasteiger partial charge in [-0.05, 0) is 18.9 Å². The topological polar surface area (TPSA) is 41.6 Å². The van der Waals surface area contributed by atoms with E-state index < -0.39 is 0 Å². The molecular weight excluding hydrogens is 150 g/mol. The van der Waals surface area contributed by atoms with Crippen molar-refractivity contribution in [2.24, 2.45) is 0 Å². The van der Waals surface area contributed by atoms with Gasteiger partial charge in [-0.3, -0.25) is 4.68 Å². The predicted octanol–water partition coefficient (Wildman–Crippen LogP) is 1.67. The first kappa shape index (κ1) is 7.35. The molecule has 3 nitrogen and oxygen atoms in total. The van der Waals surface area contributed by atoms with Gasteiger partial charge >= 0.3 is 0 Å². The normalized spacial score (nSPS) is 15.9. The van der Waals surface area contributed by atoms with Crippen molar-refractivity contribution in [3.8, 4) is 6.07 Å². The van der Waals surface area contributed by atoms with Crippen LogP contribution in [-0.4, -0.2) is 9.78 Å². The van der Waals surface area contributed by atoms with Crippen LogP contribution in [0.1, 0.15) is 30.9 Å². The second kappa shape index (κ2) is 2.98. The van der Waals surface area contributed by atoms with Gasteiger partial charge in [-0.2, -0.15) is 10.4 Å². The minimum atomic E-state index is 0.557. The van der Waals surface area contributed by atoms with Crippen molar-refractivity contribution >= 4 is 0 Å². The molecule has 1 fully saturated rings. The molecule has 1 aliphatic rings. The Bertz CT molecular complexity index is 304. The number of rotatable bonds is 3. The predicted molar refractivity (Wildman–Crippen MR) is 44.4 cm³/mol. The molecule has 1 aliphatic carbocycles. The maximum Gasteiger partial charge on any atom is 0.0641 e. The molecule has 0 atom stereocenters. The zero-order valence-electron chi connectivity index (χ0n) is 6.90. The number of aryl methyl sites for hydroxylation is 1. The van der Waals surface area contributed by atoms with E-state index in [4.69, 9.17) is 5.26 Å². The molecule has 1 saturated carbocycles. The van der Waals surface area contributed by atoms with Crippen LogP contribution in [0.2, 0.25) is 0 Å². The Labute approximate surface area is 71.6 Å². The Balaban J connectivity index is 2.09. The average Bonchev–Trinajstić information content (AvgIpc) is 2.83. The summed E-state index contributed by atoms with van der Waals surface area (Å²) in [6.45, 7) is 0.745. The molecule has 0 aliphatic heterocycles. The van der Waals surface area contributed by atoms with E-state index in [0.717, 1.165) is 12.5 Å². The Morgan fingerprint density at radius 3 is 3.17 bits per heavy atom. The van der Waals surface area contributed by atoms with E-state index >= 15 is 0 Å². The summed E-state index contributed by atoms with van der Waals surface area (Å²) in [7, 11) is 0. The monoisotopic (exact) mass is 161 g/mol. The lowest BCUT2D eigenvalue weighted by molar-refractivity contribution is 0.596. The van der Waals surface area contributed by atoms with E-state index in [1.807, 2.05) is 10.9 Å². The maximum atomic E-state index is 8.42. The number of nitriles is 1. The lowest BCUT2D eigenvalue weighted by Crippen LogP contribution is -2.03. The summed E-state index contributed by atoms with van der Waals surface area (Å²) in [6.07, 6.45) is 4.96. The molecule has 0 amide bonds. The third-order valence-electron chi connectivity index (χ3n) is 2.18. The van der Waals surface area contributed by atoms with E-state index in [1.54, 1.807) is 0 Å². The van der Waals surface area contributed by atoms with Crippen molar-refractivity contribution in [1.82, 2.24) is 9.78 Å². The summed E-state index contributed by atoms with van der Waals surface area (Å²) in [6, 6.07) is 4.20. The first-order valence-electron chi connectivity index (χ1n) is 4.30. The Hall–Kier alpha value is -1.30. The summed E-state index contributed by atoms with van der Waals surface area (Å²) in [4.78, 5) is 0. The first-order valence-corrected chi connectivity index (χ1v) is 4.30. The van der Waals surface area contributed by atoms with Gasteiger partial charge in [-0.25, -0.2) is 0 Å². The highest BCUT2D eigenvalue weighted by atomic mass is 15.3. The van der Waals surface area contributed by atoms with Crippen LogP contribution in [0.3, 0.4) is 0 Å². The van der Waals surface area contributed by atoms with Gasteiger partial charge in [0.2, 0.25) is 0 Å². The zero-order valence-corrected chi connectivity index (χ0v) is 6.90. The van der Waals surface area contributed by atoms with E-state index in [1.165, 1.54) is 18.5 Å². The highest BCUT2D eigenvalue weighted by Gasteiger charge is 2.26. The molecule has 0 aromatic carbocycles. The van der Waals surface area contributed by atoms with Crippen molar-refractivity contribution in [2.45, 2.75) is 31.7 Å². The molecule has 0 radical (unpaired) electrons. The first-order chi connectivity index (χ1) is 5.92. The van der Waals surface area contributed by atoms with E-state index in [2.05, 4.69) is 17.2 Å². The average molecular weight is 161 g/mol. The zero-order chi connectivity index (χ0) is 8.39. The molecule has 12 heavy (non-hydrogen) atoms. The van der Waals surface area contributed by atoms with Gasteiger partial charge in [0.05, 0.1) is 19.0 Å². The van der Waals surface area contributed by atoms with Gasteiger partial charge < -0.3 is 0 Å². The fourth-order valence-corrected chi connectivity index (χ4v) is 1.41. The smallest absolute Gasteiger partial charge is 0.0641 e. The van der Waals surface area contributed by atoms with Crippen LogP contribution in [0.5, 0.6) is 0 Å². The molecule has 0 saturated heterocycles. The molecule has 3 heteroatoms. The molecule has 0 spiro atoms. The van der Waals surface area contributed by atoms with Crippen LogP contribution in [0.25, 0.3) is 0 Å². The minimum absolute atomic E-state index is 0.557. The Morgan fingerprint density at radius 2 is 2.50 bits per heavy atom. The van der Waals surface area contributed by atoms with Gasteiger partial charge in [-0.1, -0.05) is 0 Å². The summed E-state index contributed by atoms with van der Waals surface area (Å²) in [5, 5.41) is 12.6. The third kappa shape index (κ3) is 1.33. The molecule has 0 N–H and O–H groups in total. The molecule has 62 valence electrons. The highest BCUT2D eigenvalue weighted by molar-refractivity contribution is 5.13. The van der Waals surface area contributed by atoms with Crippen LogP contribution >= 0.6 is 0 Å². The van der Waals surface area contributed by atoms with Gasteiger partial charge in [-0.15, -0.1) is 0 Å². The molecule has 0 unspecified atom stereocenters. The molecule has 1 heterocycles. The summed E-state index contributed by atoms with van der Waals surface area (Å²) >= 11 is 0. The number of aromatic nitrogens is 2. The second-order valence-electron chi connectivity index (χ2n) is 3.16. The van der Waals surface area contributed by atoms with Crippen molar-refractivity contribution in [1.29, 1.82) is 5.26 Å². The van der Waals surface area contributed by atoms with Crippen molar-refractivity contribution in [2.75, 3.05) is 0 Å². The van der Waals surface area contributed by atoms with Crippen molar-refractivity contribution in [3.05, 3.63) is 18.0 Å². The fraction of sp³-hybridized carbons (Fsp3) is 0.556. The second-order valence-corrected chi connectivity index (χ2v) is 3.16. The summed E-state index contributed by atoms with van der Waals surface area (Å²) in [5.41, 5.74) is 1.31. The van der Waals surface area contributed by atoms with Crippen LogP contribution in [0.4, 0.5) is 0 Å². The summed E-state index contributed by atoms with van der Waals surface area (Å²) < 4.78 is 1.96. The van der Waals surface area contributed by atoms with Gasteiger partial charge in [0, 0.05) is 17.8 Å².